The van der Waals surface area contributed by atoms with Crippen molar-refractivity contribution >= 4 is 10.9 Å². The summed E-state index contributed by atoms with van der Waals surface area (Å²) in [5.41, 5.74) is 7.60. The number of nitrogens with two attached hydrogens (primary N) is 1. The van der Waals surface area contributed by atoms with Crippen LogP contribution in [0.3, 0.4) is 0 Å². The number of hydrogen-bond donors (Lipinski definition) is 1. The second kappa shape index (κ2) is 6.19. The van der Waals surface area contributed by atoms with Crippen LogP contribution in [0.15, 0.2) is 36.5 Å². The van der Waals surface area contributed by atoms with E-state index in [0.717, 1.165) is 16.5 Å². The van der Waals surface area contributed by atoms with E-state index in [4.69, 9.17) is 5.73 Å². The Balaban J connectivity index is 1.92. The van der Waals surface area contributed by atoms with Crippen LogP contribution in [0, 0.1) is 0 Å². The van der Waals surface area contributed by atoms with E-state index in [1.807, 2.05) is 30.3 Å². The molecule has 108 valence electrons. The Kier molecular flexibility index (Phi) is 4.57. The number of benzene rings is 1. The molecular weight excluding hydrogens is 269 g/mol. The number of hydrogen-bond acceptors (Lipinski definition) is 3. The molecule has 2 rings (SSSR count). The largest absolute Gasteiger partial charge is 0.411 e. The minimum atomic E-state index is -4.29. The second-order valence-corrected chi connectivity index (χ2v) is 4.52. The molecule has 20 heavy (non-hydrogen) atoms. The number of aromatic nitrogens is 1. The van der Waals surface area contributed by atoms with Gasteiger partial charge in [-0.15, -0.1) is 0 Å². The van der Waals surface area contributed by atoms with Gasteiger partial charge in [-0.3, -0.25) is 4.98 Å². The van der Waals surface area contributed by atoms with E-state index in [1.165, 1.54) is 0 Å². The highest BCUT2D eigenvalue weighted by Gasteiger charge is 2.27. The van der Waals surface area contributed by atoms with Crippen LogP contribution in [0.5, 0.6) is 0 Å². The molecule has 0 aliphatic carbocycles. The predicted octanol–water partition coefficient (Wildman–Crippen LogP) is 3.20. The van der Waals surface area contributed by atoms with E-state index in [-0.39, 0.29) is 12.6 Å². The molecule has 2 N–H and O–H groups in total. The van der Waals surface area contributed by atoms with Crippen LogP contribution in [0.2, 0.25) is 0 Å². The van der Waals surface area contributed by atoms with Gasteiger partial charge < -0.3 is 10.5 Å². The molecule has 1 atom stereocenters. The summed E-state index contributed by atoms with van der Waals surface area (Å²) >= 11 is 0. The second-order valence-electron chi connectivity index (χ2n) is 4.52. The highest BCUT2D eigenvalue weighted by atomic mass is 19.4. The van der Waals surface area contributed by atoms with Gasteiger partial charge in [-0.05, 0) is 24.1 Å². The first-order chi connectivity index (χ1) is 9.46. The normalized spacial score (nSPS) is 13.6. The van der Waals surface area contributed by atoms with Crippen LogP contribution >= 0.6 is 0 Å². The number of alkyl halides is 3. The van der Waals surface area contributed by atoms with Gasteiger partial charge in [0, 0.05) is 24.2 Å². The molecule has 0 amide bonds. The number of pyridine rings is 1. The monoisotopic (exact) mass is 284 g/mol. The minimum Gasteiger partial charge on any atom is -0.372 e. The number of nitrogens with zero attached hydrogens (tertiary/aromatic N) is 1. The lowest BCUT2D eigenvalue weighted by atomic mass is 10.0. The molecule has 0 spiro atoms. The van der Waals surface area contributed by atoms with Crippen LogP contribution in [0.4, 0.5) is 13.2 Å². The molecule has 0 aliphatic rings. The Labute approximate surface area is 114 Å². The van der Waals surface area contributed by atoms with Gasteiger partial charge in [0.15, 0.2) is 0 Å². The zero-order valence-corrected chi connectivity index (χ0v) is 10.7. The maximum absolute atomic E-state index is 11.9. The minimum absolute atomic E-state index is 0.0269. The van der Waals surface area contributed by atoms with Crippen LogP contribution in [-0.2, 0) is 4.74 Å². The van der Waals surface area contributed by atoms with Crippen molar-refractivity contribution in [2.24, 2.45) is 5.73 Å². The first kappa shape index (κ1) is 14.7. The highest BCUT2D eigenvalue weighted by molar-refractivity contribution is 5.78. The summed E-state index contributed by atoms with van der Waals surface area (Å²) in [4.78, 5) is 4.22. The van der Waals surface area contributed by atoms with Gasteiger partial charge in [0.25, 0.3) is 0 Å². The molecule has 0 saturated heterocycles. The average Bonchev–Trinajstić information content (AvgIpc) is 2.42. The van der Waals surface area contributed by atoms with Crippen molar-refractivity contribution in [2.45, 2.75) is 18.6 Å². The topological polar surface area (TPSA) is 48.1 Å². The maximum atomic E-state index is 11.9. The molecule has 2 aromatic rings. The molecule has 3 nitrogen and oxygen atoms in total. The lowest BCUT2D eigenvalue weighted by molar-refractivity contribution is -0.174. The molecule has 1 unspecified atom stereocenters. The van der Waals surface area contributed by atoms with E-state index < -0.39 is 12.8 Å². The molecule has 6 heteroatoms. The number of ether oxygens (including phenoxy) is 1. The fourth-order valence-corrected chi connectivity index (χ4v) is 1.88. The van der Waals surface area contributed by atoms with Crippen LogP contribution < -0.4 is 5.73 Å². The van der Waals surface area contributed by atoms with Crippen molar-refractivity contribution in [3.8, 4) is 0 Å². The van der Waals surface area contributed by atoms with Crippen molar-refractivity contribution in [2.75, 3.05) is 13.2 Å². The summed E-state index contributed by atoms with van der Waals surface area (Å²) in [6.45, 7) is -1.26. The fraction of sp³-hybridized carbons (Fsp3) is 0.357. The first-order valence-electron chi connectivity index (χ1n) is 6.20. The molecule has 0 saturated carbocycles. The highest BCUT2D eigenvalue weighted by Crippen LogP contribution is 2.20. The molecule has 0 bridgehead atoms. The molecule has 1 aromatic carbocycles. The SMILES string of the molecule is NC(CCOCC(F)(F)F)c1ccc2cccnc2c1. The fourth-order valence-electron chi connectivity index (χ4n) is 1.88. The van der Waals surface area contributed by atoms with E-state index in [2.05, 4.69) is 9.72 Å². The van der Waals surface area contributed by atoms with Crippen molar-refractivity contribution in [1.82, 2.24) is 4.98 Å². The molecule has 0 radical (unpaired) electrons. The Morgan fingerprint density at radius 3 is 2.80 bits per heavy atom. The summed E-state index contributed by atoms with van der Waals surface area (Å²) in [5, 5.41) is 0.997. The Morgan fingerprint density at radius 1 is 1.25 bits per heavy atom. The van der Waals surface area contributed by atoms with E-state index >= 15 is 0 Å². The maximum Gasteiger partial charge on any atom is 0.411 e. The number of halogens is 3. The zero-order chi connectivity index (χ0) is 14.6. The summed E-state index contributed by atoms with van der Waals surface area (Å²) in [6, 6.07) is 9.02. The first-order valence-corrected chi connectivity index (χ1v) is 6.20. The van der Waals surface area contributed by atoms with Crippen LogP contribution in [0.25, 0.3) is 10.9 Å². The molecule has 1 heterocycles. The van der Waals surface area contributed by atoms with Gasteiger partial charge >= 0.3 is 6.18 Å². The Morgan fingerprint density at radius 2 is 2.05 bits per heavy atom. The molecule has 0 fully saturated rings. The van der Waals surface area contributed by atoms with E-state index in [9.17, 15) is 13.2 Å². The summed E-state index contributed by atoms with van der Waals surface area (Å²) in [6.07, 6.45) is -2.28. The third kappa shape index (κ3) is 4.18. The van der Waals surface area contributed by atoms with Gasteiger partial charge in [0.2, 0.25) is 0 Å². The summed E-state index contributed by atoms with van der Waals surface area (Å²) in [7, 11) is 0. The van der Waals surface area contributed by atoms with Crippen molar-refractivity contribution < 1.29 is 17.9 Å². The van der Waals surface area contributed by atoms with Crippen molar-refractivity contribution in [3.63, 3.8) is 0 Å². The third-order valence-corrected chi connectivity index (χ3v) is 2.90. The van der Waals surface area contributed by atoms with Crippen molar-refractivity contribution in [3.05, 3.63) is 42.1 Å². The van der Waals surface area contributed by atoms with Gasteiger partial charge in [0.1, 0.15) is 6.61 Å². The lowest BCUT2D eigenvalue weighted by Gasteiger charge is -2.13. The standard InChI is InChI=1S/C14H15F3N2O/c15-14(16,17)9-20-7-5-12(18)11-4-3-10-2-1-6-19-13(10)8-11/h1-4,6,8,12H,5,7,9,18H2. The van der Waals surface area contributed by atoms with Gasteiger partial charge in [-0.1, -0.05) is 18.2 Å². The Bertz CT molecular complexity index is 572. The van der Waals surface area contributed by atoms with Crippen LogP contribution in [0.1, 0.15) is 18.0 Å². The number of fused-ring (bicyclic) bond motifs is 1. The summed E-state index contributed by atoms with van der Waals surface area (Å²) in [5.74, 6) is 0. The van der Waals surface area contributed by atoms with Gasteiger partial charge in [-0.2, -0.15) is 13.2 Å². The smallest absolute Gasteiger partial charge is 0.372 e. The molecular formula is C14H15F3N2O. The third-order valence-electron chi connectivity index (χ3n) is 2.90. The zero-order valence-electron chi connectivity index (χ0n) is 10.7. The van der Waals surface area contributed by atoms with Gasteiger partial charge in [0.05, 0.1) is 5.52 Å². The number of rotatable bonds is 5. The quantitative estimate of drug-likeness (QED) is 0.858. The average molecular weight is 284 g/mol. The molecule has 0 aliphatic heterocycles. The lowest BCUT2D eigenvalue weighted by Crippen LogP contribution is -2.19. The Hall–Kier alpha value is -1.66. The molecule has 1 aromatic heterocycles. The summed E-state index contributed by atoms with van der Waals surface area (Å²) < 4.78 is 40.3. The van der Waals surface area contributed by atoms with Crippen molar-refractivity contribution in [1.29, 1.82) is 0 Å². The van der Waals surface area contributed by atoms with Crippen LogP contribution in [-0.4, -0.2) is 24.4 Å². The van der Waals surface area contributed by atoms with Gasteiger partial charge in [-0.25, -0.2) is 0 Å². The van der Waals surface area contributed by atoms with E-state index in [1.54, 1.807) is 6.20 Å². The van der Waals surface area contributed by atoms with E-state index in [0.29, 0.717) is 6.42 Å². The predicted molar refractivity (Wildman–Crippen MR) is 70.2 cm³/mol.